The number of amides is 1. The van der Waals surface area contributed by atoms with Crippen molar-refractivity contribution in [2.45, 2.75) is 6.92 Å². The minimum absolute atomic E-state index is 0.0116. The first-order chi connectivity index (χ1) is 11.9. The van der Waals surface area contributed by atoms with Gasteiger partial charge in [-0.15, -0.1) is 0 Å². The van der Waals surface area contributed by atoms with E-state index in [0.29, 0.717) is 37.6 Å². The number of anilines is 1. The molecule has 2 aromatic rings. The van der Waals surface area contributed by atoms with Crippen molar-refractivity contribution in [3.63, 3.8) is 0 Å². The Hall–Kier alpha value is -2.83. The fourth-order valence-corrected chi connectivity index (χ4v) is 3.04. The number of benzene rings is 1. The molecule has 0 atom stereocenters. The van der Waals surface area contributed by atoms with Crippen LogP contribution in [0.4, 0.5) is 5.82 Å². The molecule has 1 amide bonds. The first-order valence-corrected chi connectivity index (χ1v) is 8.26. The summed E-state index contributed by atoms with van der Waals surface area (Å²) in [6.07, 6.45) is 0. The molecule has 25 heavy (non-hydrogen) atoms. The van der Waals surface area contributed by atoms with E-state index >= 15 is 0 Å². The molecule has 0 unspecified atom stereocenters. The van der Waals surface area contributed by atoms with Gasteiger partial charge in [0.05, 0.1) is 0 Å². The third-order valence-electron chi connectivity index (χ3n) is 4.69. The van der Waals surface area contributed by atoms with Gasteiger partial charge in [-0.1, -0.05) is 17.7 Å². The third-order valence-corrected chi connectivity index (χ3v) is 4.69. The van der Waals surface area contributed by atoms with Crippen LogP contribution in [0, 0.1) is 6.92 Å². The zero-order valence-electron chi connectivity index (χ0n) is 14.7. The number of carbonyl (C=O) groups excluding carboxylic acids is 1. The highest BCUT2D eigenvalue weighted by Gasteiger charge is 2.24. The number of rotatable bonds is 2. The smallest absolute Gasteiger partial charge is 0.332 e. The highest BCUT2D eigenvalue weighted by molar-refractivity contribution is 5.94. The summed E-state index contributed by atoms with van der Waals surface area (Å²) in [6, 6.07) is 9.01. The number of aromatic nitrogens is 2. The summed E-state index contributed by atoms with van der Waals surface area (Å²) in [5, 5.41) is 0. The van der Waals surface area contributed by atoms with Crippen LogP contribution >= 0.6 is 0 Å². The van der Waals surface area contributed by atoms with E-state index in [1.165, 1.54) is 17.7 Å². The molecule has 1 aromatic heterocycles. The third kappa shape index (κ3) is 3.22. The zero-order chi connectivity index (χ0) is 18.1. The molecule has 0 aliphatic carbocycles. The van der Waals surface area contributed by atoms with Gasteiger partial charge in [-0.2, -0.15) is 0 Å². The number of piperazine rings is 1. The van der Waals surface area contributed by atoms with Crippen molar-refractivity contribution in [2.24, 2.45) is 14.1 Å². The summed E-state index contributed by atoms with van der Waals surface area (Å²) in [7, 11) is 3.12. The van der Waals surface area contributed by atoms with Crippen LogP contribution in [0.1, 0.15) is 15.9 Å². The Morgan fingerprint density at radius 2 is 1.52 bits per heavy atom. The van der Waals surface area contributed by atoms with Gasteiger partial charge in [0, 0.05) is 51.9 Å². The van der Waals surface area contributed by atoms with Gasteiger partial charge in [0.15, 0.2) is 0 Å². The van der Waals surface area contributed by atoms with Crippen LogP contribution in [0.25, 0.3) is 0 Å². The molecule has 0 N–H and O–H groups in total. The lowest BCUT2D eigenvalue weighted by Crippen LogP contribution is -2.51. The molecule has 0 bridgehead atoms. The molecule has 1 fully saturated rings. The highest BCUT2D eigenvalue weighted by Crippen LogP contribution is 2.14. The molecule has 7 heteroatoms. The Balaban J connectivity index is 1.74. The van der Waals surface area contributed by atoms with E-state index < -0.39 is 0 Å². The predicted octanol–water partition coefficient (Wildman–Crippen LogP) is 0.355. The van der Waals surface area contributed by atoms with E-state index in [1.54, 1.807) is 11.9 Å². The normalized spacial score (nSPS) is 14.7. The van der Waals surface area contributed by atoms with E-state index in [2.05, 4.69) is 0 Å². The lowest BCUT2D eigenvalue weighted by atomic mass is 10.1. The van der Waals surface area contributed by atoms with Gasteiger partial charge in [-0.25, -0.2) is 4.79 Å². The second-order valence-corrected chi connectivity index (χ2v) is 6.39. The Morgan fingerprint density at radius 3 is 2.12 bits per heavy atom. The standard InChI is InChI=1S/C18H22N4O3/c1-13-4-6-14(7-5-13)17(24)22-10-8-21(9-11-22)15-12-16(23)20(3)18(25)19(15)2/h4-7,12H,8-11H2,1-3H3. The molecular weight excluding hydrogens is 320 g/mol. The fourth-order valence-electron chi connectivity index (χ4n) is 3.04. The topological polar surface area (TPSA) is 67.6 Å². The summed E-state index contributed by atoms with van der Waals surface area (Å²) >= 11 is 0. The van der Waals surface area contributed by atoms with Gasteiger partial charge in [0.2, 0.25) is 0 Å². The van der Waals surface area contributed by atoms with Gasteiger partial charge in [-0.3, -0.25) is 18.7 Å². The summed E-state index contributed by atoms with van der Waals surface area (Å²) in [4.78, 5) is 40.3. The van der Waals surface area contributed by atoms with Crippen molar-refractivity contribution in [3.8, 4) is 0 Å². The number of nitrogens with zero attached hydrogens (tertiary/aromatic N) is 4. The van der Waals surface area contributed by atoms with Crippen molar-refractivity contribution in [2.75, 3.05) is 31.1 Å². The Morgan fingerprint density at radius 1 is 0.920 bits per heavy atom. The zero-order valence-corrected chi connectivity index (χ0v) is 14.7. The quantitative estimate of drug-likeness (QED) is 0.790. The van der Waals surface area contributed by atoms with E-state index in [4.69, 9.17) is 0 Å². The Kier molecular flexibility index (Phi) is 4.48. The lowest BCUT2D eigenvalue weighted by molar-refractivity contribution is 0.0746. The summed E-state index contributed by atoms with van der Waals surface area (Å²) in [5.41, 5.74) is 1.13. The molecule has 7 nitrogen and oxygen atoms in total. The van der Waals surface area contributed by atoms with E-state index in [9.17, 15) is 14.4 Å². The first-order valence-electron chi connectivity index (χ1n) is 8.26. The number of hydrogen-bond donors (Lipinski definition) is 0. The van der Waals surface area contributed by atoms with Crippen molar-refractivity contribution in [3.05, 3.63) is 62.3 Å². The largest absolute Gasteiger partial charge is 0.354 e. The molecule has 1 saturated heterocycles. The SMILES string of the molecule is Cc1ccc(C(=O)N2CCN(c3cc(=O)n(C)c(=O)n3C)CC2)cc1. The van der Waals surface area contributed by atoms with Crippen molar-refractivity contribution >= 4 is 11.7 Å². The monoisotopic (exact) mass is 342 g/mol. The number of aryl methyl sites for hydroxylation is 1. The van der Waals surface area contributed by atoms with Crippen LogP contribution in [-0.2, 0) is 14.1 Å². The molecule has 0 radical (unpaired) electrons. The fraction of sp³-hybridized carbons (Fsp3) is 0.389. The van der Waals surface area contributed by atoms with E-state index in [0.717, 1.165) is 10.1 Å². The predicted molar refractivity (Wildman–Crippen MR) is 96.2 cm³/mol. The van der Waals surface area contributed by atoms with Crippen molar-refractivity contribution in [1.82, 2.24) is 14.0 Å². The van der Waals surface area contributed by atoms with Crippen molar-refractivity contribution in [1.29, 1.82) is 0 Å². The average molecular weight is 342 g/mol. The molecule has 132 valence electrons. The molecule has 0 spiro atoms. The van der Waals surface area contributed by atoms with Crippen LogP contribution in [0.15, 0.2) is 39.9 Å². The van der Waals surface area contributed by atoms with Gasteiger partial charge in [0.1, 0.15) is 5.82 Å². The number of carbonyl (C=O) groups is 1. The van der Waals surface area contributed by atoms with E-state index in [1.807, 2.05) is 36.1 Å². The summed E-state index contributed by atoms with van der Waals surface area (Å²) in [6.45, 7) is 4.25. The molecular formula is C18H22N4O3. The molecule has 1 aliphatic rings. The van der Waals surface area contributed by atoms with Crippen LogP contribution in [0.2, 0.25) is 0 Å². The molecule has 1 aliphatic heterocycles. The van der Waals surface area contributed by atoms with Crippen LogP contribution in [-0.4, -0.2) is 46.1 Å². The minimum atomic E-state index is -0.347. The maximum atomic E-state index is 12.6. The Bertz CT molecular complexity index is 903. The van der Waals surface area contributed by atoms with Gasteiger partial charge >= 0.3 is 5.69 Å². The maximum absolute atomic E-state index is 12.6. The van der Waals surface area contributed by atoms with Gasteiger partial charge < -0.3 is 9.80 Å². The second-order valence-electron chi connectivity index (χ2n) is 6.39. The highest BCUT2D eigenvalue weighted by atomic mass is 16.2. The van der Waals surface area contributed by atoms with Gasteiger partial charge in [0.25, 0.3) is 11.5 Å². The van der Waals surface area contributed by atoms with Gasteiger partial charge in [-0.05, 0) is 19.1 Å². The molecule has 3 rings (SSSR count). The second kappa shape index (κ2) is 6.58. The molecule has 2 heterocycles. The van der Waals surface area contributed by atoms with E-state index in [-0.39, 0.29) is 17.2 Å². The van der Waals surface area contributed by atoms with Crippen LogP contribution in [0.3, 0.4) is 0 Å². The lowest BCUT2D eigenvalue weighted by Gasteiger charge is -2.36. The minimum Gasteiger partial charge on any atom is -0.354 e. The Labute approximate surface area is 145 Å². The first kappa shape index (κ1) is 17.0. The van der Waals surface area contributed by atoms with Crippen molar-refractivity contribution < 1.29 is 4.79 Å². The molecule has 1 aromatic carbocycles. The summed E-state index contributed by atoms with van der Waals surface area (Å²) in [5.74, 6) is 0.605. The maximum Gasteiger partial charge on any atom is 0.332 e. The van der Waals surface area contributed by atoms with Crippen LogP contribution < -0.4 is 16.1 Å². The van der Waals surface area contributed by atoms with Crippen LogP contribution in [0.5, 0.6) is 0 Å². The molecule has 0 saturated carbocycles. The average Bonchev–Trinajstić information content (AvgIpc) is 2.63. The summed E-state index contributed by atoms with van der Waals surface area (Å²) < 4.78 is 2.56. The number of hydrogen-bond acceptors (Lipinski definition) is 4.